The standard InChI is InChI=1S/C13H22BNO4/c1-8-10(9(2)17-15-8)11(16-7)14-18-12(3,4)13(5,6)19-14/h11H,1-7H3. The maximum absolute atomic E-state index is 6.03. The summed E-state index contributed by atoms with van der Waals surface area (Å²) in [6.07, 6.45) is 0. The molecule has 1 aromatic rings. The monoisotopic (exact) mass is 267 g/mol. The molecule has 0 radical (unpaired) electrons. The van der Waals surface area contributed by atoms with E-state index in [1.165, 1.54) is 0 Å². The van der Waals surface area contributed by atoms with Gasteiger partial charge in [0.05, 0.1) is 16.9 Å². The van der Waals surface area contributed by atoms with E-state index >= 15 is 0 Å². The summed E-state index contributed by atoms with van der Waals surface area (Å²) in [5.41, 5.74) is 0.945. The van der Waals surface area contributed by atoms with Crippen LogP contribution in [0.4, 0.5) is 0 Å². The first-order valence-electron chi connectivity index (χ1n) is 6.51. The first-order valence-corrected chi connectivity index (χ1v) is 6.51. The predicted molar refractivity (Wildman–Crippen MR) is 71.8 cm³/mol. The van der Waals surface area contributed by atoms with Crippen molar-refractivity contribution in [3.63, 3.8) is 0 Å². The number of hydrogen-bond acceptors (Lipinski definition) is 5. The molecule has 1 aliphatic heterocycles. The van der Waals surface area contributed by atoms with Crippen LogP contribution in [0, 0.1) is 13.8 Å². The largest absolute Gasteiger partial charge is 0.493 e. The average Bonchev–Trinajstić information content (AvgIpc) is 2.70. The summed E-state index contributed by atoms with van der Waals surface area (Å²) in [4.78, 5) is 0. The molecular formula is C13H22BNO4. The van der Waals surface area contributed by atoms with Crippen molar-refractivity contribution in [2.75, 3.05) is 7.11 Å². The van der Waals surface area contributed by atoms with E-state index in [-0.39, 0.29) is 17.2 Å². The molecule has 106 valence electrons. The van der Waals surface area contributed by atoms with Crippen molar-refractivity contribution in [2.45, 2.75) is 58.7 Å². The normalized spacial score (nSPS) is 22.8. The van der Waals surface area contributed by atoms with Gasteiger partial charge in [0, 0.05) is 12.7 Å². The van der Waals surface area contributed by atoms with Crippen molar-refractivity contribution >= 4 is 7.12 Å². The fraction of sp³-hybridized carbons (Fsp3) is 0.769. The number of nitrogens with zero attached hydrogens (tertiary/aromatic N) is 1. The Morgan fingerprint density at radius 3 is 2.00 bits per heavy atom. The smallest absolute Gasteiger partial charge is 0.401 e. The Labute approximate surface area is 114 Å². The third kappa shape index (κ3) is 2.33. The lowest BCUT2D eigenvalue weighted by Crippen LogP contribution is -2.41. The third-order valence-electron chi connectivity index (χ3n) is 4.15. The number of hydrogen-bond donors (Lipinski definition) is 0. The second-order valence-electron chi connectivity index (χ2n) is 6.02. The van der Waals surface area contributed by atoms with Crippen LogP contribution < -0.4 is 0 Å². The molecule has 5 nitrogen and oxygen atoms in total. The van der Waals surface area contributed by atoms with Crippen molar-refractivity contribution < 1.29 is 18.6 Å². The minimum absolute atomic E-state index is 0.340. The average molecular weight is 267 g/mol. The van der Waals surface area contributed by atoms with Crippen LogP contribution in [0.5, 0.6) is 0 Å². The van der Waals surface area contributed by atoms with Crippen LogP contribution in [0.3, 0.4) is 0 Å². The van der Waals surface area contributed by atoms with E-state index in [1.807, 2.05) is 41.5 Å². The molecule has 0 amide bonds. The Bertz CT molecular complexity index is 434. The SMILES string of the molecule is COC(B1OC(C)(C)C(C)(C)O1)c1c(C)noc1C. The molecule has 0 bridgehead atoms. The number of methoxy groups -OCH3 is 1. The molecule has 1 saturated heterocycles. The van der Waals surface area contributed by atoms with Gasteiger partial charge >= 0.3 is 7.12 Å². The van der Waals surface area contributed by atoms with Gasteiger partial charge < -0.3 is 18.6 Å². The Morgan fingerprint density at radius 1 is 1.11 bits per heavy atom. The van der Waals surface area contributed by atoms with Crippen molar-refractivity contribution in [3.05, 3.63) is 17.0 Å². The summed E-state index contributed by atoms with van der Waals surface area (Å²) in [6.45, 7) is 11.8. The molecule has 0 saturated carbocycles. The third-order valence-corrected chi connectivity index (χ3v) is 4.15. The van der Waals surface area contributed by atoms with E-state index in [1.54, 1.807) is 7.11 Å². The van der Waals surface area contributed by atoms with Crippen LogP contribution in [0.15, 0.2) is 4.52 Å². The van der Waals surface area contributed by atoms with E-state index in [4.69, 9.17) is 18.6 Å². The summed E-state index contributed by atoms with van der Waals surface area (Å²) in [5.74, 6) is 0.735. The molecule has 6 heteroatoms. The van der Waals surface area contributed by atoms with E-state index in [0.29, 0.717) is 0 Å². The fourth-order valence-electron chi connectivity index (χ4n) is 2.27. The Morgan fingerprint density at radius 2 is 1.63 bits per heavy atom. The lowest BCUT2D eigenvalue weighted by atomic mass is 9.76. The second-order valence-corrected chi connectivity index (χ2v) is 6.02. The van der Waals surface area contributed by atoms with Gasteiger partial charge in [-0.2, -0.15) is 0 Å². The van der Waals surface area contributed by atoms with E-state index in [0.717, 1.165) is 17.0 Å². The van der Waals surface area contributed by atoms with Crippen molar-refractivity contribution in [2.24, 2.45) is 0 Å². The van der Waals surface area contributed by atoms with Gasteiger partial charge in [-0.15, -0.1) is 0 Å². The molecule has 0 aromatic carbocycles. The lowest BCUT2D eigenvalue weighted by Gasteiger charge is -2.32. The van der Waals surface area contributed by atoms with E-state index in [2.05, 4.69) is 5.16 Å². The van der Waals surface area contributed by atoms with Gasteiger partial charge in [0.25, 0.3) is 0 Å². The van der Waals surface area contributed by atoms with Gasteiger partial charge in [0.2, 0.25) is 0 Å². The van der Waals surface area contributed by atoms with E-state index < -0.39 is 7.12 Å². The lowest BCUT2D eigenvalue weighted by molar-refractivity contribution is 0.00578. The molecule has 1 aliphatic rings. The predicted octanol–water partition coefficient (Wildman–Crippen LogP) is 2.61. The summed E-state index contributed by atoms with van der Waals surface area (Å²) < 4.78 is 22.8. The van der Waals surface area contributed by atoms with Gasteiger partial charge in [0.1, 0.15) is 11.8 Å². The second kappa shape index (κ2) is 4.61. The molecular weight excluding hydrogens is 245 g/mol. The van der Waals surface area contributed by atoms with Crippen LogP contribution in [-0.2, 0) is 14.0 Å². The quantitative estimate of drug-likeness (QED) is 0.788. The van der Waals surface area contributed by atoms with E-state index in [9.17, 15) is 0 Å². The first-order chi connectivity index (χ1) is 8.69. The van der Waals surface area contributed by atoms with Gasteiger partial charge in [-0.1, -0.05) is 5.16 Å². The summed E-state index contributed by atoms with van der Waals surface area (Å²) in [6, 6.07) is -0.340. The molecule has 19 heavy (non-hydrogen) atoms. The molecule has 1 atom stereocenters. The zero-order valence-electron chi connectivity index (χ0n) is 12.7. The molecule has 1 fully saturated rings. The van der Waals surface area contributed by atoms with Crippen LogP contribution >= 0.6 is 0 Å². The van der Waals surface area contributed by atoms with Crippen LogP contribution in [0.1, 0.15) is 50.7 Å². The Balaban J connectivity index is 2.31. The highest BCUT2D eigenvalue weighted by Gasteiger charge is 2.55. The van der Waals surface area contributed by atoms with Crippen molar-refractivity contribution in [1.29, 1.82) is 0 Å². The van der Waals surface area contributed by atoms with Gasteiger partial charge in [0.15, 0.2) is 0 Å². The van der Waals surface area contributed by atoms with Gasteiger partial charge in [-0.3, -0.25) is 0 Å². The minimum atomic E-state index is -0.466. The zero-order valence-corrected chi connectivity index (χ0v) is 12.7. The van der Waals surface area contributed by atoms with Crippen LogP contribution in [-0.4, -0.2) is 30.6 Å². The van der Waals surface area contributed by atoms with Gasteiger partial charge in [-0.25, -0.2) is 0 Å². The zero-order chi connectivity index (χ0) is 14.4. The highest BCUT2D eigenvalue weighted by atomic mass is 16.7. The summed E-state index contributed by atoms with van der Waals surface area (Å²) >= 11 is 0. The summed E-state index contributed by atoms with van der Waals surface area (Å²) in [5, 5.41) is 3.96. The first kappa shape index (κ1) is 14.6. The molecule has 0 N–H and O–H groups in total. The number of rotatable bonds is 3. The fourth-order valence-corrected chi connectivity index (χ4v) is 2.27. The molecule has 1 unspecified atom stereocenters. The number of aromatic nitrogens is 1. The maximum atomic E-state index is 6.03. The molecule has 0 aliphatic carbocycles. The highest BCUT2D eigenvalue weighted by molar-refractivity contribution is 6.47. The van der Waals surface area contributed by atoms with Gasteiger partial charge in [-0.05, 0) is 41.5 Å². The molecule has 0 spiro atoms. The topological polar surface area (TPSA) is 53.7 Å². The van der Waals surface area contributed by atoms with Crippen LogP contribution in [0.25, 0.3) is 0 Å². The number of aryl methyl sites for hydroxylation is 2. The summed E-state index contributed by atoms with van der Waals surface area (Å²) in [7, 11) is 1.17. The molecule has 2 rings (SSSR count). The molecule has 1 aromatic heterocycles. The van der Waals surface area contributed by atoms with Crippen molar-refractivity contribution in [1.82, 2.24) is 5.16 Å². The maximum Gasteiger partial charge on any atom is 0.493 e. The highest BCUT2D eigenvalue weighted by Crippen LogP contribution is 2.41. The minimum Gasteiger partial charge on any atom is -0.401 e. The van der Waals surface area contributed by atoms with Crippen LogP contribution in [0.2, 0.25) is 0 Å². The van der Waals surface area contributed by atoms with Crippen molar-refractivity contribution in [3.8, 4) is 0 Å². The number of ether oxygens (including phenoxy) is 1. The Hall–Kier alpha value is -0.845. The Kier molecular flexibility index (Phi) is 3.54. The molecule has 2 heterocycles.